The van der Waals surface area contributed by atoms with Crippen LogP contribution in [0.15, 0.2) is 60.7 Å². The van der Waals surface area contributed by atoms with E-state index >= 15 is 0 Å². The summed E-state index contributed by atoms with van der Waals surface area (Å²) in [5.74, 6) is -0.166. The largest absolute Gasteiger partial charge is 0.497 e. The molecule has 0 spiro atoms. The molecule has 2 N–H and O–H groups in total. The van der Waals surface area contributed by atoms with E-state index in [4.69, 9.17) is 15.2 Å². The number of carbonyl (C=O) groups is 2. The van der Waals surface area contributed by atoms with Crippen molar-refractivity contribution >= 4 is 22.6 Å². The Balaban J connectivity index is 1.77. The van der Waals surface area contributed by atoms with Crippen molar-refractivity contribution in [1.29, 1.82) is 0 Å². The monoisotopic (exact) mass is 349 g/mol. The average molecular weight is 349 g/mol. The van der Waals surface area contributed by atoms with Crippen LogP contribution >= 0.6 is 0 Å². The quantitative estimate of drug-likeness (QED) is 0.563. The second kappa shape index (κ2) is 7.27. The van der Waals surface area contributed by atoms with E-state index in [1.54, 1.807) is 26.2 Å². The second-order valence-corrected chi connectivity index (χ2v) is 6.00. The number of esters is 1. The van der Waals surface area contributed by atoms with E-state index in [1.807, 2.05) is 36.4 Å². The van der Waals surface area contributed by atoms with Gasteiger partial charge in [0, 0.05) is 5.56 Å². The zero-order valence-electron chi connectivity index (χ0n) is 14.6. The van der Waals surface area contributed by atoms with Crippen LogP contribution in [0.3, 0.4) is 0 Å². The molecule has 0 heterocycles. The highest BCUT2D eigenvalue weighted by Gasteiger charge is 2.18. The smallest absolute Gasteiger partial charge is 0.318 e. The van der Waals surface area contributed by atoms with Crippen molar-refractivity contribution in [3.63, 3.8) is 0 Å². The molecule has 132 valence electrons. The highest BCUT2D eigenvalue weighted by Crippen LogP contribution is 2.26. The maximum absolute atomic E-state index is 12.4. The van der Waals surface area contributed by atoms with Crippen LogP contribution in [0.25, 0.3) is 10.8 Å². The first-order valence-corrected chi connectivity index (χ1v) is 8.17. The number of carbonyl (C=O) groups excluding carboxylic acids is 2. The maximum atomic E-state index is 12.4. The average Bonchev–Trinajstić information content (AvgIpc) is 2.66. The first kappa shape index (κ1) is 17.5. The number of ether oxygens (including phenoxy) is 2. The Morgan fingerprint density at radius 2 is 1.50 bits per heavy atom. The first-order valence-electron chi connectivity index (χ1n) is 8.17. The van der Waals surface area contributed by atoms with Crippen molar-refractivity contribution in [2.75, 3.05) is 7.11 Å². The van der Waals surface area contributed by atoms with E-state index in [2.05, 4.69) is 0 Å². The normalized spacial score (nSPS) is 11.8. The van der Waals surface area contributed by atoms with Gasteiger partial charge >= 0.3 is 5.97 Å². The van der Waals surface area contributed by atoms with Crippen LogP contribution < -0.4 is 15.2 Å². The zero-order chi connectivity index (χ0) is 18.7. The number of fused-ring (bicyclic) bond motifs is 1. The highest BCUT2D eigenvalue weighted by atomic mass is 16.5. The van der Waals surface area contributed by atoms with Gasteiger partial charge in [-0.3, -0.25) is 9.59 Å². The molecular weight excluding hydrogens is 330 g/mol. The Kier molecular flexibility index (Phi) is 4.89. The number of hydrogen-bond acceptors (Lipinski definition) is 4. The molecule has 0 aromatic heterocycles. The lowest BCUT2D eigenvalue weighted by Gasteiger charge is -2.13. The molecule has 3 aromatic rings. The van der Waals surface area contributed by atoms with Gasteiger partial charge in [-0.05, 0) is 59.7 Å². The zero-order valence-corrected chi connectivity index (χ0v) is 14.6. The summed E-state index contributed by atoms with van der Waals surface area (Å²) in [4.78, 5) is 23.5. The molecule has 0 aliphatic rings. The maximum Gasteiger partial charge on any atom is 0.318 e. The Morgan fingerprint density at radius 3 is 2.15 bits per heavy atom. The fourth-order valence-electron chi connectivity index (χ4n) is 2.67. The van der Waals surface area contributed by atoms with Crippen LogP contribution in [0.5, 0.6) is 11.5 Å². The molecule has 3 rings (SSSR count). The highest BCUT2D eigenvalue weighted by molar-refractivity contribution is 5.93. The van der Waals surface area contributed by atoms with Crippen molar-refractivity contribution in [3.05, 3.63) is 71.8 Å². The second-order valence-electron chi connectivity index (χ2n) is 6.00. The minimum Gasteiger partial charge on any atom is -0.497 e. The van der Waals surface area contributed by atoms with Crippen molar-refractivity contribution in [2.24, 2.45) is 5.73 Å². The van der Waals surface area contributed by atoms with Gasteiger partial charge in [0.15, 0.2) is 0 Å². The molecule has 5 nitrogen and oxygen atoms in total. The molecule has 0 fully saturated rings. The summed E-state index contributed by atoms with van der Waals surface area (Å²) in [7, 11) is 1.63. The molecule has 5 heteroatoms. The third-order valence-electron chi connectivity index (χ3n) is 4.28. The van der Waals surface area contributed by atoms with Crippen molar-refractivity contribution < 1.29 is 19.1 Å². The third-order valence-corrected chi connectivity index (χ3v) is 4.28. The van der Waals surface area contributed by atoms with Gasteiger partial charge in [-0.25, -0.2) is 0 Å². The van der Waals surface area contributed by atoms with E-state index < -0.39 is 11.8 Å². The Morgan fingerprint density at radius 1 is 0.885 bits per heavy atom. The number of benzene rings is 3. The van der Waals surface area contributed by atoms with Crippen LogP contribution in [0.2, 0.25) is 0 Å². The number of nitrogens with two attached hydrogens (primary N) is 1. The van der Waals surface area contributed by atoms with E-state index in [9.17, 15) is 9.59 Å². The van der Waals surface area contributed by atoms with Crippen LogP contribution in [-0.4, -0.2) is 19.0 Å². The van der Waals surface area contributed by atoms with Crippen molar-refractivity contribution in [3.8, 4) is 11.5 Å². The van der Waals surface area contributed by atoms with E-state index in [-0.39, 0.29) is 5.97 Å². The van der Waals surface area contributed by atoms with Gasteiger partial charge in [-0.1, -0.05) is 24.3 Å². The molecule has 26 heavy (non-hydrogen) atoms. The van der Waals surface area contributed by atoms with Gasteiger partial charge in [0.1, 0.15) is 11.5 Å². The Hall–Kier alpha value is -3.34. The number of rotatable bonds is 5. The molecule has 0 bridgehead atoms. The molecule has 0 aliphatic carbocycles. The Labute approximate surface area is 151 Å². The predicted molar refractivity (Wildman–Crippen MR) is 99.5 cm³/mol. The SMILES string of the molecule is COc1ccc2cc([C@H](C)C(=O)Oc3ccc(C(N)=O)cc3)ccc2c1. The molecule has 1 atom stereocenters. The number of amides is 1. The molecule has 0 radical (unpaired) electrons. The van der Waals surface area contributed by atoms with Crippen LogP contribution in [0, 0.1) is 0 Å². The molecule has 0 aliphatic heterocycles. The summed E-state index contributed by atoms with van der Waals surface area (Å²) in [5.41, 5.74) is 6.42. The fraction of sp³-hybridized carbons (Fsp3) is 0.143. The molecule has 1 amide bonds. The van der Waals surface area contributed by atoms with Gasteiger partial charge in [0.25, 0.3) is 0 Å². The van der Waals surface area contributed by atoms with E-state index in [0.717, 1.165) is 22.1 Å². The molecule has 0 unspecified atom stereocenters. The summed E-state index contributed by atoms with van der Waals surface area (Å²) >= 11 is 0. The molecule has 0 saturated carbocycles. The predicted octanol–water partition coefficient (Wildman–Crippen LogP) is 3.66. The van der Waals surface area contributed by atoms with Gasteiger partial charge in [0.2, 0.25) is 5.91 Å². The lowest BCUT2D eigenvalue weighted by atomic mass is 9.98. The van der Waals surface area contributed by atoms with E-state index in [0.29, 0.717) is 11.3 Å². The summed E-state index contributed by atoms with van der Waals surface area (Å²) in [6, 6.07) is 17.8. The van der Waals surface area contributed by atoms with Crippen LogP contribution in [-0.2, 0) is 4.79 Å². The third kappa shape index (κ3) is 3.67. The summed E-state index contributed by atoms with van der Waals surface area (Å²) in [6.45, 7) is 1.80. The molecule has 0 saturated heterocycles. The molecular formula is C21H19NO4. The summed E-state index contributed by atoms with van der Waals surface area (Å²) < 4.78 is 10.6. The topological polar surface area (TPSA) is 78.6 Å². The first-order chi connectivity index (χ1) is 12.5. The number of primary amides is 1. The Bertz CT molecular complexity index is 963. The summed E-state index contributed by atoms with van der Waals surface area (Å²) in [5, 5.41) is 2.06. The van der Waals surface area contributed by atoms with Gasteiger partial charge < -0.3 is 15.2 Å². The molecule has 3 aromatic carbocycles. The van der Waals surface area contributed by atoms with Gasteiger partial charge in [-0.15, -0.1) is 0 Å². The van der Waals surface area contributed by atoms with Crippen LogP contribution in [0.1, 0.15) is 28.8 Å². The van der Waals surface area contributed by atoms with Gasteiger partial charge in [-0.2, -0.15) is 0 Å². The minimum absolute atomic E-state index is 0.364. The summed E-state index contributed by atoms with van der Waals surface area (Å²) in [6.07, 6.45) is 0. The fourth-order valence-corrected chi connectivity index (χ4v) is 2.67. The van der Waals surface area contributed by atoms with Crippen molar-refractivity contribution in [2.45, 2.75) is 12.8 Å². The number of hydrogen-bond donors (Lipinski definition) is 1. The van der Waals surface area contributed by atoms with Crippen molar-refractivity contribution in [1.82, 2.24) is 0 Å². The van der Waals surface area contributed by atoms with Crippen LogP contribution in [0.4, 0.5) is 0 Å². The standard InChI is InChI=1S/C21H19NO4/c1-13(21(24)26-18-8-5-14(6-9-18)20(22)23)15-3-4-17-12-19(25-2)10-7-16(17)11-15/h3-13H,1-2H3,(H2,22,23)/t13-/m0/s1. The lowest BCUT2D eigenvalue weighted by Crippen LogP contribution is -2.16. The number of methoxy groups -OCH3 is 1. The van der Waals surface area contributed by atoms with Gasteiger partial charge in [0.05, 0.1) is 13.0 Å². The van der Waals surface area contributed by atoms with E-state index in [1.165, 1.54) is 12.1 Å². The lowest BCUT2D eigenvalue weighted by molar-refractivity contribution is -0.135. The minimum atomic E-state index is -0.524.